The Morgan fingerprint density at radius 3 is 2.66 bits per heavy atom. The summed E-state index contributed by atoms with van der Waals surface area (Å²) < 4.78 is 45.4. The molecule has 3 N–H and O–H groups in total. The van der Waals surface area contributed by atoms with Gasteiger partial charge in [-0.25, -0.2) is 0 Å². The molecule has 1 unspecified atom stereocenters. The number of carbonyl (C=O) groups is 1. The minimum absolute atomic E-state index is 0.103. The Bertz CT molecular complexity index is 1400. The van der Waals surface area contributed by atoms with E-state index >= 15 is 0 Å². The number of halogens is 3. The van der Waals surface area contributed by atoms with Crippen LogP contribution in [0.3, 0.4) is 0 Å². The molecule has 0 saturated carbocycles. The quantitative estimate of drug-likeness (QED) is 0.454. The molecule has 5 rings (SSSR count). The van der Waals surface area contributed by atoms with Gasteiger partial charge in [-0.2, -0.15) is 13.2 Å². The van der Waals surface area contributed by atoms with E-state index in [1.54, 1.807) is 12.1 Å². The molecule has 1 aliphatic heterocycles. The van der Waals surface area contributed by atoms with Gasteiger partial charge < -0.3 is 14.7 Å². The number of rotatable bonds is 2. The predicted octanol–water partition coefficient (Wildman–Crippen LogP) is 5.28. The number of anilines is 1. The molecule has 3 aromatic rings. The predicted molar refractivity (Wildman–Crippen MR) is 113 cm³/mol. The lowest BCUT2D eigenvalue weighted by Gasteiger charge is -2.31. The van der Waals surface area contributed by atoms with Gasteiger partial charge in [-0.1, -0.05) is 12.1 Å². The van der Waals surface area contributed by atoms with Crippen molar-refractivity contribution in [2.24, 2.45) is 0 Å². The Hall–Kier alpha value is -3.40. The Balaban J connectivity index is 1.66. The lowest BCUT2D eigenvalue weighted by Crippen LogP contribution is -2.32. The summed E-state index contributed by atoms with van der Waals surface area (Å²) in [5.41, 5.74) is 0.347. The molecule has 1 atom stereocenters. The summed E-state index contributed by atoms with van der Waals surface area (Å²) in [5.74, 6) is -0.0255. The fraction of sp³-hybridized carbons (Fsp3) is 0.227. The summed E-state index contributed by atoms with van der Waals surface area (Å²) in [7, 11) is 0. The maximum Gasteiger partial charge on any atom is 0.416 e. The van der Waals surface area contributed by atoms with Crippen LogP contribution < -0.4 is 10.9 Å². The fourth-order valence-electron chi connectivity index (χ4n) is 4.29. The van der Waals surface area contributed by atoms with Gasteiger partial charge in [0.05, 0.1) is 17.0 Å². The number of Topliss-reactive ketones (excluding diaryl/α,β-unsaturated/α-hetero) is 1. The third kappa shape index (κ3) is 3.40. The zero-order chi connectivity index (χ0) is 22.6. The van der Waals surface area contributed by atoms with Gasteiger partial charge in [0.15, 0.2) is 10.6 Å². The van der Waals surface area contributed by atoms with Crippen LogP contribution >= 0.6 is 12.2 Å². The monoisotopic (exact) mass is 459 g/mol. The van der Waals surface area contributed by atoms with Crippen LogP contribution in [0, 0.1) is 4.77 Å². The number of alkyl halides is 3. The van der Waals surface area contributed by atoms with Crippen LogP contribution in [-0.2, 0) is 11.0 Å². The van der Waals surface area contributed by atoms with Crippen molar-refractivity contribution in [2.75, 3.05) is 5.32 Å². The van der Waals surface area contributed by atoms with Crippen LogP contribution in [-0.4, -0.2) is 15.8 Å². The van der Waals surface area contributed by atoms with Crippen LogP contribution in [0.15, 0.2) is 56.9 Å². The van der Waals surface area contributed by atoms with E-state index in [0.29, 0.717) is 42.1 Å². The van der Waals surface area contributed by atoms with E-state index in [1.807, 2.05) is 0 Å². The third-order valence-corrected chi connectivity index (χ3v) is 5.88. The molecule has 164 valence electrons. The van der Waals surface area contributed by atoms with Crippen LogP contribution in [0.5, 0.6) is 0 Å². The van der Waals surface area contributed by atoms with Crippen molar-refractivity contribution in [3.05, 3.63) is 79.7 Å². The first-order valence-electron chi connectivity index (χ1n) is 9.89. The number of H-pyrrole nitrogens is 2. The van der Waals surface area contributed by atoms with Crippen LogP contribution in [0.1, 0.15) is 42.1 Å². The van der Waals surface area contributed by atoms with Gasteiger partial charge in [0, 0.05) is 23.3 Å². The highest BCUT2D eigenvalue weighted by Crippen LogP contribution is 2.44. The zero-order valence-electron chi connectivity index (χ0n) is 16.4. The molecule has 1 aliphatic carbocycles. The van der Waals surface area contributed by atoms with Crippen molar-refractivity contribution in [3.63, 3.8) is 0 Å². The minimum Gasteiger partial charge on any atom is -0.460 e. The number of aromatic nitrogens is 2. The van der Waals surface area contributed by atoms with E-state index in [1.165, 1.54) is 12.1 Å². The summed E-state index contributed by atoms with van der Waals surface area (Å²) in [4.78, 5) is 31.1. The zero-order valence-corrected chi connectivity index (χ0v) is 17.2. The molecule has 6 nitrogen and oxygen atoms in total. The Labute approximate surface area is 184 Å². The molecule has 32 heavy (non-hydrogen) atoms. The Morgan fingerprint density at radius 2 is 1.88 bits per heavy atom. The topological polar surface area (TPSA) is 90.9 Å². The van der Waals surface area contributed by atoms with Gasteiger partial charge in [-0.15, -0.1) is 0 Å². The summed E-state index contributed by atoms with van der Waals surface area (Å²) in [5, 5.41) is 3.12. The first-order valence-corrected chi connectivity index (χ1v) is 10.3. The van der Waals surface area contributed by atoms with Crippen molar-refractivity contribution in [1.82, 2.24) is 9.97 Å². The second kappa shape index (κ2) is 7.33. The molecular formula is C22H16F3N3O3S. The van der Waals surface area contributed by atoms with E-state index in [2.05, 4.69) is 15.3 Å². The molecule has 2 aromatic heterocycles. The van der Waals surface area contributed by atoms with Gasteiger partial charge in [-0.3, -0.25) is 14.6 Å². The summed E-state index contributed by atoms with van der Waals surface area (Å²) in [6.07, 6.45) is -2.86. The van der Waals surface area contributed by atoms with Gasteiger partial charge in [-0.05, 0) is 49.3 Å². The highest BCUT2D eigenvalue weighted by molar-refractivity contribution is 7.71. The lowest BCUT2D eigenvalue weighted by molar-refractivity contribution is -0.137. The molecule has 0 saturated heterocycles. The molecule has 0 spiro atoms. The van der Waals surface area contributed by atoms with Crippen molar-refractivity contribution in [1.29, 1.82) is 0 Å². The SMILES string of the molecule is O=C1CCCC2=C1C(c1ccc(-c3cccc(C(F)(F)F)c3)o1)c1c([nH]c(=S)[nH]c1=O)N2. The maximum absolute atomic E-state index is 13.1. The van der Waals surface area contributed by atoms with E-state index in [4.69, 9.17) is 16.6 Å². The largest absolute Gasteiger partial charge is 0.460 e. The molecule has 1 aromatic carbocycles. The van der Waals surface area contributed by atoms with Crippen molar-refractivity contribution in [3.8, 4) is 11.3 Å². The van der Waals surface area contributed by atoms with E-state index in [-0.39, 0.29) is 27.4 Å². The van der Waals surface area contributed by atoms with Crippen LogP contribution in [0.25, 0.3) is 11.3 Å². The van der Waals surface area contributed by atoms with Crippen molar-refractivity contribution < 1.29 is 22.4 Å². The maximum atomic E-state index is 13.1. The number of hydrogen-bond acceptors (Lipinski definition) is 5. The normalized spacial score (nSPS) is 18.2. The summed E-state index contributed by atoms with van der Waals surface area (Å²) in [6, 6.07) is 7.92. The number of furan rings is 1. The highest BCUT2D eigenvalue weighted by Gasteiger charge is 2.39. The van der Waals surface area contributed by atoms with E-state index < -0.39 is 23.2 Å². The van der Waals surface area contributed by atoms with Crippen molar-refractivity contribution in [2.45, 2.75) is 31.4 Å². The van der Waals surface area contributed by atoms with E-state index in [0.717, 1.165) is 12.1 Å². The van der Waals surface area contributed by atoms with E-state index in [9.17, 15) is 22.8 Å². The molecule has 10 heteroatoms. The number of aromatic amines is 2. The first-order chi connectivity index (χ1) is 15.2. The lowest BCUT2D eigenvalue weighted by atomic mass is 9.79. The number of hydrogen-bond donors (Lipinski definition) is 3. The number of allylic oxidation sites excluding steroid dienone is 2. The number of nitrogens with one attached hydrogen (secondary N) is 3. The average Bonchev–Trinajstić information content (AvgIpc) is 3.22. The second-order valence-corrected chi connectivity index (χ2v) is 8.11. The third-order valence-electron chi connectivity index (χ3n) is 5.67. The minimum atomic E-state index is -4.49. The Morgan fingerprint density at radius 1 is 1.06 bits per heavy atom. The highest BCUT2D eigenvalue weighted by atomic mass is 32.1. The molecule has 0 radical (unpaired) electrons. The molecule has 0 fully saturated rings. The van der Waals surface area contributed by atoms with Gasteiger partial charge in [0.1, 0.15) is 17.3 Å². The molecule has 0 bridgehead atoms. The second-order valence-electron chi connectivity index (χ2n) is 7.70. The first kappa shape index (κ1) is 20.5. The number of fused-ring (bicyclic) bond motifs is 1. The molecular weight excluding hydrogens is 443 g/mol. The Kier molecular flexibility index (Phi) is 4.70. The molecule has 2 aliphatic rings. The van der Waals surface area contributed by atoms with Crippen molar-refractivity contribution >= 4 is 23.8 Å². The number of benzene rings is 1. The molecule has 3 heterocycles. The van der Waals surface area contributed by atoms with Crippen LogP contribution in [0.4, 0.5) is 19.0 Å². The summed E-state index contributed by atoms with van der Waals surface area (Å²) >= 11 is 5.07. The number of carbonyl (C=O) groups excluding carboxylic acids is 1. The standard InChI is InChI=1S/C22H16F3N3O3S/c23-22(24,25)11-4-1-3-10(9-11)14-7-8-15(31-14)17-16-12(5-2-6-13(16)29)26-19-18(17)20(30)28-21(32)27-19/h1,3-4,7-9,17H,2,5-6H2,(H3,26,27,28,30,32). The van der Waals surface area contributed by atoms with Gasteiger partial charge >= 0.3 is 6.18 Å². The van der Waals surface area contributed by atoms with Crippen LogP contribution in [0.2, 0.25) is 0 Å². The smallest absolute Gasteiger partial charge is 0.416 e. The van der Waals surface area contributed by atoms with Gasteiger partial charge in [0.25, 0.3) is 5.56 Å². The number of ketones is 1. The fourth-order valence-corrected chi connectivity index (χ4v) is 4.48. The summed E-state index contributed by atoms with van der Waals surface area (Å²) in [6.45, 7) is 0. The van der Waals surface area contributed by atoms with Gasteiger partial charge in [0.2, 0.25) is 0 Å². The molecule has 0 amide bonds. The average molecular weight is 459 g/mol.